The van der Waals surface area contributed by atoms with Crippen LogP contribution >= 0.6 is 0 Å². The normalized spacial score (nSPS) is 13.5. The van der Waals surface area contributed by atoms with Gasteiger partial charge in [-0.05, 0) is 50.6 Å². The van der Waals surface area contributed by atoms with Crippen LogP contribution in [0, 0.1) is 5.92 Å². The molecule has 1 aromatic rings. The SMILES string of the molecule is NCCCC[C@H](N)C(=O)C([C]=O)C[C@H](NC(=O)CCCCCCCCCCCc1ccccc1)C(=O)O. The maximum absolute atomic E-state index is 12.4. The van der Waals surface area contributed by atoms with E-state index in [1.165, 1.54) is 37.7 Å². The quantitative estimate of drug-likeness (QED) is 0.127. The Bertz CT molecular complexity index is 787. The summed E-state index contributed by atoms with van der Waals surface area (Å²) in [6.07, 6.45) is 14.2. The maximum atomic E-state index is 12.4. The molecule has 1 rings (SSSR count). The van der Waals surface area contributed by atoms with E-state index in [2.05, 4.69) is 29.6 Å². The highest BCUT2D eigenvalue weighted by Crippen LogP contribution is 2.14. The molecule has 8 nitrogen and oxygen atoms in total. The van der Waals surface area contributed by atoms with Crippen LogP contribution in [0.1, 0.15) is 95.5 Å². The van der Waals surface area contributed by atoms with Crippen LogP contribution in [-0.4, -0.2) is 47.7 Å². The van der Waals surface area contributed by atoms with E-state index in [0.29, 0.717) is 32.2 Å². The third kappa shape index (κ3) is 15.3. The molecule has 37 heavy (non-hydrogen) atoms. The van der Waals surface area contributed by atoms with Crippen LogP contribution in [0.3, 0.4) is 0 Å². The fourth-order valence-corrected chi connectivity index (χ4v) is 4.35. The standard InChI is InChI=1S/C29H46N3O5/c30-20-14-13-18-25(31)28(35)24(22-33)21-26(29(36)37)32-27(34)19-12-7-5-3-1-2-4-6-9-15-23-16-10-8-11-17-23/h8,10-11,16-17,24-26H,1-7,9,12-15,18-21,30-31H2,(H,32,34)(H,36,37)/t24?,25-,26-/m0/s1. The van der Waals surface area contributed by atoms with Crippen molar-refractivity contribution in [1.82, 2.24) is 5.32 Å². The van der Waals surface area contributed by atoms with E-state index in [-0.39, 0.29) is 12.8 Å². The van der Waals surface area contributed by atoms with Gasteiger partial charge in [0.05, 0.1) is 12.0 Å². The molecule has 0 fully saturated rings. The van der Waals surface area contributed by atoms with Crippen LogP contribution in [0.15, 0.2) is 30.3 Å². The minimum atomic E-state index is -1.33. The fraction of sp³-hybridized carbons (Fsp3) is 0.655. The van der Waals surface area contributed by atoms with E-state index >= 15 is 0 Å². The molecule has 0 aliphatic rings. The van der Waals surface area contributed by atoms with E-state index in [0.717, 1.165) is 25.7 Å². The number of amides is 1. The van der Waals surface area contributed by atoms with Crippen LogP contribution in [0.2, 0.25) is 0 Å². The van der Waals surface area contributed by atoms with E-state index < -0.39 is 35.7 Å². The number of carbonyl (C=O) groups excluding carboxylic acids is 3. The second-order valence-electron chi connectivity index (χ2n) is 9.83. The largest absolute Gasteiger partial charge is 0.480 e. The first kappa shape index (κ1) is 32.4. The second kappa shape index (κ2) is 20.5. The van der Waals surface area contributed by atoms with Crippen LogP contribution in [0.5, 0.6) is 0 Å². The molecule has 1 unspecified atom stereocenters. The third-order valence-electron chi connectivity index (χ3n) is 6.64. The number of ketones is 1. The van der Waals surface area contributed by atoms with Crippen LogP contribution in [0.25, 0.3) is 0 Å². The Morgan fingerprint density at radius 3 is 2.03 bits per heavy atom. The molecule has 0 spiro atoms. The zero-order valence-electron chi connectivity index (χ0n) is 22.2. The number of nitrogens with two attached hydrogens (primary N) is 2. The van der Waals surface area contributed by atoms with Crippen LogP contribution < -0.4 is 16.8 Å². The van der Waals surface area contributed by atoms with Crippen molar-refractivity contribution in [2.24, 2.45) is 17.4 Å². The van der Waals surface area contributed by atoms with Crippen molar-refractivity contribution in [3.8, 4) is 0 Å². The number of hydrogen-bond donors (Lipinski definition) is 4. The first-order valence-electron chi connectivity index (χ1n) is 13.8. The average molecular weight is 517 g/mol. The number of unbranched alkanes of at least 4 members (excludes halogenated alkanes) is 9. The zero-order chi connectivity index (χ0) is 27.3. The molecule has 6 N–H and O–H groups in total. The fourth-order valence-electron chi connectivity index (χ4n) is 4.35. The van der Waals surface area contributed by atoms with E-state index in [1.54, 1.807) is 6.29 Å². The van der Waals surface area contributed by atoms with Gasteiger partial charge in [0.2, 0.25) is 12.2 Å². The lowest BCUT2D eigenvalue weighted by Gasteiger charge is -2.19. The summed E-state index contributed by atoms with van der Waals surface area (Å²) in [5.41, 5.74) is 12.7. The summed E-state index contributed by atoms with van der Waals surface area (Å²) >= 11 is 0. The van der Waals surface area contributed by atoms with Gasteiger partial charge in [-0.2, -0.15) is 0 Å². The Morgan fingerprint density at radius 1 is 0.865 bits per heavy atom. The van der Waals surface area contributed by atoms with Crippen LogP contribution in [-0.2, 0) is 25.6 Å². The van der Waals surface area contributed by atoms with Gasteiger partial charge in [-0.15, -0.1) is 0 Å². The summed E-state index contributed by atoms with van der Waals surface area (Å²) < 4.78 is 0. The summed E-state index contributed by atoms with van der Waals surface area (Å²) in [5, 5.41) is 11.9. The first-order chi connectivity index (χ1) is 17.9. The third-order valence-corrected chi connectivity index (χ3v) is 6.64. The van der Waals surface area contributed by atoms with Crippen molar-refractivity contribution in [3.63, 3.8) is 0 Å². The minimum Gasteiger partial charge on any atom is -0.480 e. The minimum absolute atomic E-state index is 0.214. The lowest BCUT2D eigenvalue weighted by molar-refractivity contribution is -0.142. The predicted octanol–water partition coefficient (Wildman–Crippen LogP) is 3.84. The number of Topliss-reactive ketones (excluding diaryl/α,β-unsaturated/α-hetero) is 1. The Balaban J connectivity index is 2.17. The highest BCUT2D eigenvalue weighted by atomic mass is 16.4. The molecule has 207 valence electrons. The van der Waals surface area contributed by atoms with Gasteiger partial charge in [-0.1, -0.05) is 81.7 Å². The molecular formula is C29H46N3O5. The summed E-state index contributed by atoms with van der Waals surface area (Å²) in [4.78, 5) is 47.6. The molecule has 8 heteroatoms. The smallest absolute Gasteiger partial charge is 0.326 e. The van der Waals surface area contributed by atoms with Crippen molar-refractivity contribution in [2.45, 2.75) is 108 Å². The Labute approximate surface area is 221 Å². The van der Waals surface area contributed by atoms with E-state index in [1.807, 2.05) is 6.07 Å². The molecule has 0 aromatic heterocycles. The molecule has 0 heterocycles. The topological polar surface area (TPSA) is 153 Å². The lowest BCUT2D eigenvalue weighted by atomic mass is 9.90. The van der Waals surface area contributed by atoms with Gasteiger partial charge in [0.25, 0.3) is 0 Å². The highest BCUT2D eigenvalue weighted by Gasteiger charge is 2.31. The lowest BCUT2D eigenvalue weighted by Crippen LogP contribution is -2.45. The number of rotatable bonds is 23. The van der Waals surface area contributed by atoms with Gasteiger partial charge >= 0.3 is 5.97 Å². The van der Waals surface area contributed by atoms with E-state index in [9.17, 15) is 24.3 Å². The van der Waals surface area contributed by atoms with Crippen molar-refractivity contribution in [3.05, 3.63) is 35.9 Å². The zero-order valence-corrected chi connectivity index (χ0v) is 22.2. The van der Waals surface area contributed by atoms with Gasteiger partial charge in [0, 0.05) is 6.42 Å². The van der Waals surface area contributed by atoms with Crippen molar-refractivity contribution >= 4 is 23.9 Å². The number of carboxylic acid groups (broad SMARTS) is 1. The molecular weight excluding hydrogens is 470 g/mol. The molecule has 1 aromatic carbocycles. The number of aliphatic carboxylic acids is 1. The van der Waals surface area contributed by atoms with E-state index in [4.69, 9.17) is 11.5 Å². The molecule has 0 aliphatic carbocycles. The maximum Gasteiger partial charge on any atom is 0.326 e. The number of aryl methyl sites for hydroxylation is 1. The van der Waals surface area contributed by atoms with Gasteiger partial charge in [0.15, 0.2) is 5.78 Å². The molecule has 3 atom stereocenters. The summed E-state index contributed by atoms with van der Waals surface area (Å²) in [6, 6.07) is 8.34. The average Bonchev–Trinajstić information content (AvgIpc) is 2.89. The Morgan fingerprint density at radius 2 is 1.46 bits per heavy atom. The van der Waals surface area contributed by atoms with Crippen LogP contribution in [0.4, 0.5) is 0 Å². The monoisotopic (exact) mass is 516 g/mol. The molecule has 1 amide bonds. The highest BCUT2D eigenvalue weighted by molar-refractivity contribution is 5.97. The number of hydrogen-bond acceptors (Lipinski definition) is 6. The molecule has 1 radical (unpaired) electrons. The summed E-state index contributed by atoms with van der Waals surface area (Å²) in [5.74, 6) is -3.52. The van der Waals surface area contributed by atoms with Crippen molar-refractivity contribution in [1.29, 1.82) is 0 Å². The molecule has 0 bridgehead atoms. The number of carbonyl (C=O) groups is 3. The number of carboxylic acids is 1. The summed E-state index contributed by atoms with van der Waals surface area (Å²) in [7, 11) is 0. The predicted molar refractivity (Wildman–Crippen MR) is 146 cm³/mol. The van der Waals surface area contributed by atoms with Gasteiger partial charge in [0.1, 0.15) is 6.04 Å². The molecule has 0 saturated carbocycles. The second-order valence-corrected chi connectivity index (χ2v) is 9.83. The molecule has 0 aliphatic heterocycles. The van der Waals surface area contributed by atoms with Gasteiger partial charge in [-0.25, -0.2) is 4.79 Å². The summed E-state index contributed by atoms with van der Waals surface area (Å²) in [6.45, 7) is 0.479. The number of benzene rings is 1. The van der Waals surface area contributed by atoms with Gasteiger partial charge in [-0.3, -0.25) is 14.4 Å². The first-order valence-corrected chi connectivity index (χ1v) is 13.8. The van der Waals surface area contributed by atoms with Gasteiger partial charge < -0.3 is 21.9 Å². The Kier molecular flexibility index (Phi) is 18.0. The molecule has 0 saturated heterocycles. The Hall–Kier alpha value is -2.58. The number of nitrogens with one attached hydrogen (secondary N) is 1. The van der Waals surface area contributed by atoms with Crippen molar-refractivity contribution < 1.29 is 24.3 Å². The van der Waals surface area contributed by atoms with Crippen molar-refractivity contribution in [2.75, 3.05) is 6.54 Å².